The molecule has 31 heavy (non-hydrogen) atoms. The van der Waals surface area contributed by atoms with Crippen LogP contribution in [-0.2, 0) is 11.0 Å². The van der Waals surface area contributed by atoms with Crippen molar-refractivity contribution in [3.05, 3.63) is 102 Å². The average molecular weight is 444 g/mol. The van der Waals surface area contributed by atoms with Gasteiger partial charge in [-0.2, -0.15) is 13.2 Å². The zero-order valence-electron chi connectivity index (χ0n) is 16.3. The fourth-order valence-electron chi connectivity index (χ4n) is 2.88. The van der Waals surface area contributed by atoms with Crippen LogP contribution in [0.1, 0.15) is 16.7 Å². The highest BCUT2D eigenvalue weighted by molar-refractivity contribution is 7.99. The summed E-state index contributed by atoms with van der Waals surface area (Å²) in [6.07, 6.45) is -2.50. The van der Waals surface area contributed by atoms with Gasteiger partial charge in [-0.3, -0.25) is 0 Å². The standard InChI is InChI=1S/C24H19F3O3S/c25-24(26,27)19-8-4-7-18(15-19)22(17-5-2-1-3-6-17)13-14-31-21-11-9-20(10-12-21)30-16-23(28)29/h1-13,15H,14,16H2,(H,28,29)/b22-13-. The van der Waals surface area contributed by atoms with E-state index in [9.17, 15) is 18.0 Å². The number of hydrogen-bond acceptors (Lipinski definition) is 3. The molecule has 0 aliphatic rings. The second-order valence-electron chi connectivity index (χ2n) is 6.53. The Morgan fingerprint density at radius 1 is 0.935 bits per heavy atom. The third-order valence-corrected chi connectivity index (χ3v) is 5.25. The van der Waals surface area contributed by atoms with E-state index in [-0.39, 0.29) is 0 Å². The van der Waals surface area contributed by atoms with E-state index < -0.39 is 24.3 Å². The molecule has 0 bridgehead atoms. The second kappa shape index (κ2) is 10.2. The van der Waals surface area contributed by atoms with Crippen molar-refractivity contribution in [3.8, 4) is 5.75 Å². The predicted molar refractivity (Wildman–Crippen MR) is 115 cm³/mol. The number of carboxylic acids is 1. The number of thioether (sulfide) groups is 1. The van der Waals surface area contributed by atoms with Crippen LogP contribution in [0.2, 0.25) is 0 Å². The fourth-order valence-corrected chi connectivity index (χ4v) is 3.65. The van der Waals surface area contributed by atoms with Gasteiger partial charge in [0.2, 0.25) is 0 Å². The Labute approximate surface area is 182 Å². The Bertz CT molecular complexity index is 1050. The highest BCUT2D eigenvalue weighted by Gasteiger charge is 2.30. The largest absolute Gasteiger partial charge is 0.482 e. The maximum Gasteiger partial charge on any atom is 0.416 e. The molecule has 0 heterocycles. The predicted octanol–water partition coefficient (Wildman–Crippen LogP) is 6.39. The van der Waals surface area contributed by atoms with Crippen molar-refractivity contribution >= 4 is 23.3 Å². The maximum atomic E-state index is 13.2. The van der Waals surface area contributed by atoms with Crippen LogP contribution in [0, 0.1) is 0 Å². The fraction of sp³-hybridized carbons (Fsp3) is 0.125. The molecule has 7 heteroatoms. The number of aliphatic carboxylic acids is 1. The van der Waals surface area contributed by atoms with E-state index >= 15 is 0 Å². The summed E-state index contributed by atoms with van der Waals surface area (Å²) >= 11 is 1.51. The van der Waals surface area contributed by atoms with E-state index in [2.05, 4.69) is 0 Å². The highest BCUT2D eigenvalue weighted by atomic mass is 32.2. The Balaban J connectivity index is 1.79. The first-order valence-corrected chi connectivity index (χ1v) is 10.3. The van der Waals surface area contributed by atoms with Gasteiger partial charge in [-0.05, 0) is 53.1 Å². The van der Waals surface area contributed by atoms with E-state index in [4.69, 9.17) is 9.84 Å². The van der Waals surface area contributed by atoms with E-state index in [1.165, 1.54) is 17.8 Å². The van der Waals surface area contributed by atoms with Gasteiger partial charge < -0.3 is 9.84 Å². The Morgan fingerprint density at radius 3 is 2.26 bits per heavy atom. The summed E-state index contributed by atoms with van der Waals surface area (Å²) < 4.78 is 44.6. The van der Waals surface area contributed by atoms with Gasteiger partial charge in [-0.1, -0.05) is 48.5 Å². The Hall–Kier alpha value is -3.19. The van der Waals surface area contributed by atoms with Crippen molar-refractivity contribution in [1.82, 2.24) is 0 Å². The Kier molecular flexibility index (Phi) is 7.41. The summed E-state index contributed by atoms with van der Waals surface area (Å²) in [7, 11) is 0. The molecule has 3 nitrogen and oxygen atoms in total. The quantitative estimate of drug-likeness (QED) is 0.409. The lowest BCUT2D eigenvalue weighted by Crippen LogP contribution is -2.09. The number of ether oxygens (including phenoxy) is 1. The molecule has 1 N–H and O–H groups in total. The zero-order valence-corrected chi connectivity index (χ0v) is 17.1. The summed E-state index contributed by atoms with van der Waals surface area (Å²) in [5, 5.41) is 8.65. The topological polar surface area (TPSA) is 46.5 Å². The molecule has 3 aromatic rings. The third kappa shape index (κ3) is 6.65. The van der Waals surface area contributed by atoms with E-state index in [0.29, 0.717) is 17.1 Å². The lowest BCUT2D eigenvalue weighted by atomic mass is 9.96. The van der Waals surface area contributed by atoms with Gasteiger partial charge in [0, 0.05) is 10.6 Å². The summed E-state index contributed by atoms with van der Waals surface area (Å²) in [5.41, 5.74) is 1.37. The molecule has 3 rings (SSSR count). The van der Waals surface area contributed by atoms with Crippen molar-refractivity contribution in [1.29, 1.82) is 0 Å². The van der Waals surface area contributed by atoms with Crippen LogP contribution in [0.4, 0.5) is 13.2 Å². The van der Waals surface area contributed by atoms with Gasteiger partial charge in [0.15, 0.2) is 6.61 Å². The minimum absolute atomic E-state index is 0.410. The lowest BCUT2D eigenvalue weighted by Gasteiger charge is -2.12. The SMILES string of the molecule is O=C(O)COc1ccc(SC/C=C(/c2ccccc2)c2cccc(C(F)(F)F)c2)cc1. The number of carboxylic acid groups (broad SMARTS) is 1. The van der Waals surface area contributed by atoms with Crippen LogP contribution in [0.3, 0.4) is 0 Å². The zero-order chi connectivity index (χ0) is 22.3. The minimum atomic E-state index is -4.41. The Morgan fingerprint density at radius 2 is 1.61 bits per heavy atom. The van der Waals surface area contributed by atoms with Gasteiger partial charge in [-0.15, -0.1) is 11.8 Å². The van der Waals surface area contributed by atoms with Crippen molar-refractivity contribution < 1.29 is 27.8 Å². The first-order chi connectivity index (χ1) is 14.8. The minimum Gasteiger partial charge on any atom is -0.482 e. The van der Waals surface area contributed by atoms with Crippen LogP contribution in [0.15, 0.2) is 89.8 Å². The van der Waals surface area contributed by atoms with Gasteiger partial charge >= 0.3 is 12.1 Å². The molecule has 0 amide bonds. The molecule has 0 aliphatic carbocycles. The van der Waals surface area contributed by atoms with Gasteiger partial charge in [0.05, 0.1) is 5.56 Å². The third-order valence-electron chi connectivity index (χ3n) is 4.31. The molecular formula is C24H19F3O3S. The molecular weight excluding hydrogens is 425 g/mol. The molecule has 0 radical (unpaired) electrons. The molecule has 0 aliphatic heterocycles. The summed E-state index contributed by atoms with van der Waals surface area (Å²) in [4.78, 5) is 11.5. The van der Waals surface area contributed by atoms with Crippen LogP contribution >= 0.6 is 11.8 Å². The highest BCUT2D eigenvalue weighted by Crippen LogP contribution is 2.33. The smallest absolute Gasteiger partial charge is 0.416 e. The van der Waals surface area contributed by atoms with Crippen LogP contribution in [-0.4, -0.2) is 23.4 Å². The summed E-state index contributed by atoms with van der Waals surface area (Å²) in [6.45, 7) is -0.410. The van der Waals surface area contributed by atoms with Crippen LogP contribution < -0.4 is 4.74 Å². The summed E-state index contributed by atoms with van der Waals surface area (Å²) in [5.74, 6) is -0.0571. The van der Waals surface area contributed by atoms with E-state index in [1.54, 1.807) is 18.2 Å². The number of hydrogen-bond donors (Lipinski definition) is 1. The first-order valence-electron chi connectivity index (χ1n) is 9.33. The van der Waals surface area contributed by atoms with Gasteiger partial charge in [0.1, 0.15) is 5.75 Å². The monoisotopic (exact) mass is 444 g/mol. The molecule has 0 fully saturated rings. The van der Waals surface area contributed by atoms with Crippen molar-refractivity contribution in [3.63, 3.8) is 0 Å². The van der Waals surface area contributed by atoms with Crippen LogP contribution in [0.5, 0.6) is 5.75 Å². The second-order valence-corrected chi connectivity index (χ2v) is 7.62. The van der Waals surface area contributed by atoms with Crippen molar-refractivity contribution in [2.24, 2.45) is 0 Å². The molecule has 160 valence electrons. The lowest BCUT2D eigenvalue weighted by molar-refractivity contribution is -0.139. The molecule has 0 saturated carbocycles. The van der Waals surface area contributed by atoms with Crippen molar-refractivity contribution in [2.45, 2.75) is 11.1 Å². The number of benzene rings is 3. The molecule has 0 unspecified atom stereocenters. The maximum absolute atomic E-state index is 13.2. The van der Waals surface area contributed by atoms with E-state index in [0.717, 1.165) is 28.2 Å². The number of carbonyl (C=O) groups is 1. The van der Waals surface area contributed by atoms with E-state index in [1.807, 2.05) is 48.5 Å². The van der Waals surface area contributed by atoms with Crippen LogP contribution in [0.25, 0.3) is 5.57 Å². The molecule has 3 aromatic carbocycles. The van der Waals surface area contributed by atoms with Gasteiger partial charge in [-0.25, -0.2) is 4.79 Å². The molecule has 0 saturated heterocycles. The summed E-state index contributed by atoms with van der Waals surface area (Å²) in [6, 6.07) is 21.6. The number of alkyl halides is 3. The average Bonchev–Trinajstić information content (AvgIpc) is 2.76. The number of rotatable bonds is 8. The first kappa shape index (κ1) is 22.5. The van der Waals surface area contributed by atoms with Gasteiger partial charge in [0.25, 0.3) is 0 Å². The molecule has 0 atom stereocenters. The number of halogens is 3. The van der Waals surface area contributed by atoms with Crippen molar-refractivity contribution in [2.75, 3.05) is 12.4 Å². The molecule has 0 spiro atoms. The molecule has 0 aromatic heterocycles. The normalized spacial score (nSPS) is 11.9.